The summed E-state index contributed by atoms with van der Waals surface area (Å²) in [6, 6.07) is 11.2. The van der Waals surface area contributed by atoms with E-state index in [2.05, 4.69) is 15.0 Å². The SMILES string of the molecule is COc1cc(=O)c2nc(-c3ccc4ncccc4c3)c(-c3cnc(C)s3)nc2[nH]1. The number of nitrogens with zero attached hydrogens (tertiary/aromatic N) is 4. The predicted octanol–water partition coefficient (Wildman–Crippen LogP) is 3.97. The first-order valence-corrected chi connectivity index (χ1v) is 9.71. The molecular formula is C21H15N5O2S. The maximum Gasteiger partial charge on any atom is 0.213 e. The molecule has 0 atom stereocenters. The van der Waals surface area contributed by atoms with Crippen LogP contribution in [0.5, 0.6) is 5.88 Å². The van der Waals surface area contributed by atoms with Crippen LogP contribution in [0.2, 0.25) is 0 Å². The Morgan fingerprint density at radius 2 is 1.97 bits per heavy atom. The highest BCUT2D eigenvalue weighted by Gasteiger charge is 2.18. The number of aromatic nitrogens is 5. The normalized spacial score (nSPS) is 11.2. The van der Waals surface area contributed by atoms with E-state index in [1.807, 2.05) is 37.3 Å². The molecule has 0 aliphatic heterocycles. The van der Waals surface area contributed by atoms with Crippen molar-refractivity contribution in [1.29, 1.82) is 0 Å². The molecule has 5 aromatic rings. The van der Waals surface area contributed by atoms with Crippen molar-refractivity contribution in [2.24, 2.45) is 0 Å². The topological polar surface area (TPSA) is 93.7 Å². The lowest BCUT2D eigenvalue weighted by atomic mass is 10.1. The molecule has 142 valence electrons. The quantitative estimate of drug-likeness (QED) is 0.492. The fourth-order valence-electron chi connectivity index (χ4n) is 3.21. The first-order valence-electron chi connectivity index (χ1n) is 8.89. The summed E-state index contributed by atoms with van der Waals surface area (Å²) in [7, 11) is 1.50. The molecule has 0 saturated carbocycles. The average Bonchev–Trinajstić information content (AvgIpc) is 3.18. The summed E-state index contributed by atoms with van der Waals surface area (Å²) >= 11 is 1.53. The summed E-state index contributed by atoms with van der Waals surface area (Å²) in [6.07, 6.45) is 3.54. The van der Waals surface area contributed by atoms with Crippen molar-refractivity contribution in [2.75, 3.05) is 7.11 Å². The smallest absolute Gasteiger partial charge is 0.213 e. The van der Waals surface area contributed by atoms with Crippen molar-refractivity contribution >= 4 is 33.4 Å². The van der Waals surface area contributed by atoms with Gasteiger partial charge in [0.25, 0.3) is 0 Å². The summed E-state index contributed by atoms with van der Waals surface area (Å²) in [4.78, 5) is 34.7. The van der Waals surface area contributed by atoms with E-state index < -0.39 is 0 Å². The molecule has 0 unspecified atom stereocenters. The molecule has 4 heterocycles. The summed E-state index contributed by atoms with van der Waals surface area (Å²) in [5, 5.41) is 1.91. The minimum absolute atomic E-state index is 0.251. The third-order valence-corrected chi connectivity index (χ3v) is 5.50. The maximum absolute atomic E-state index is 12.6. The number of methoxy groups -OCH3 is 1. The molecule has 5 rings (SSSR count). The summed E-state index contributed by atoms with van der Waals surface area (Å²) in [6.45, 7) is 1.94. The Kier molecular flexibility index (Phi) is 4.06. The van der Waals surface area contributed by atoms with Gasteiger partial charge >= 0.3 is 0 Å². The van der Waals surface area contributed by atoms with Crippen molar-refractivity contribution in [2.45, 2.75) is 6.92 Å². The molecule has 0 fully saturated rings. The van der Waals surface area contributed by atoms with Crippen molar-refractivity contribution < 1.29 is 4.74 Å². The van der Waals surface area contributed by atoms with Crippen molar-refractivity contribution in [3.05, 3.63) is 64.0 Å². The van der Waals surface area contributed by atoms with E-state index in [1.54, 1.807) is 12.4 Å². The van der Waals surface area contributed by atoms with Gasteiger partial charge in [0, 0.05) is 29.4 Å². The van der Waals surface area contributed by atoms with Gasteiger partial charge in [0.15, 0.2) is 17.0 Å². The molecule has 4 aromatic heterocycles. The molecule has 0 spiro atoms. The Labute approximate surface area is 169 Å². The molecule has 0 aliphatic carbocycles. The van der Waals surface area contributed by atoms with E-state index in [0.29, 0.717) is 22.9 Å². The Bertz CT molecular complexity index is 1440. The summed E-state index contributed by atoms with van der Waals surface area (Å²) in [5.74, 6) is 0.341. The van der Waals surface area contributed by atoms with Gasteiger partial charge in [0.2, 0.25) is 5.43 Å². The number of aromatic amines is 1. The Morgan fingerprint density at radius 1 is 1.07 bits per heavy atom. The number of benzene rings is 1. The molecule has 0 bridgehead atoms. The first kappa shape index (κ1) is 17.4. The maximum atomic E-state index is 12.6. The van der Waals surface area contributed by atoms with Gasteiger partial charge in [-0.05, 0) is 25.1 Å². The van der Waals surface area contributed by atoms with Crippen LogP contribution >= 0.6 is 11.3 Å². The molecule has 0 radical (unpaired) electrons. The molecule has 1 aromatic carbocycles. The lowest BCUT2D eigenvalue weighted by molar-refractivity contribution is 0.399. The molecule has 8 heteroatoms. The van der Waals surface area contributed by atoms with Gasteiger partial charge in [0.05, 0.1) is 28.2 Å². The number of hydrogen-bond donors (Lipinski definition) is 1. The van der Waals surface area contributed by atoms with Crippen molar-refractivity contribution in [1.82, 2.24) is 24.9 Å². The number of H-pyrrole nitrogens is 1. The van der Waals surface area contributed by atoms with E-state index in [1.165, 1.54) is 24.5 Å². The summed E-state index contributed by atoms with van der Waals surface area (Å²) < 4.78 is 5.18. The summed E-state index contributed by atoms with van der Waals surface area (Å²) in [5.41, 5.74) is 3.43. The number of pyridine rings is 2. The van der Waals surface area contributed by atoms with Gasteiger partial charge in [-0.15, -0.1) is 11.3 Å². The highest BCUT2D eigenvalue weighted by molar-refractivity contribution is 7.15. The van der Waals surface area contributed by atoms with Crippen LogP contribution in [0.25, 0.3) is 43.9 Å². The largest absolute Gasteiger partial charge is 0.482 e. The second-order valence-electron chi connectivity index (χ2n) is 6.47. The molecule has 0 amide bonds. The minimum Gasteiger partial charge on any atom is -0.482 e. The van der Waals surface area contributed by atoms with Crippen LogP contribution in [0.1, 0.15) is 5.01 Å². The van der Waals surface area contributed by atoms with Gasteiger partial charge in [0.1, 0.15) is 5.69 Å². The fraction of sp³-hybridized carbons (Fsp3) is 0.0952. The number of hydrogen-bond acceptors (Lipinski definition) is 7. The van der Waals surface area contributed by atoms with Gasteiger partial charge in [-0.1, -0.05) is 12.1 Å². The second-order valence-corrected chi connectivity index (χ2v) is 7.71. The number of aryl methyl sites for hydroxylation is 1. The van der Waals surface area contributed by atoms with Crippen LogP contribution in [0.4, 0.5) is 0 Å². The minimum atomic E-state index is -0.251. The van der Waals surface area contributed by atoms with E-state index >= 15 is 0 Å². The Balaban J connectivity index is 1.84. The van der Waals surface area contributed by atoms with Crippen LogP contribution in [0, 0.1) is 6.92 Å². The fourth-order valence-corrected chi connectivity index (χ4v) is 3.98. The number of rotatable bonds is 3. The van der Waals surface area contributed by atoms with Gasteiger partial charge < -0.3 is 9.72 Å². The number of ether oxygens (including phenoxy) is 1. The zero-order valence-corrected chi connectivity index (χ0v) is 16.4. The predicted molar refractivity (Wildman–Crippen MR) is 113 cm³/mol. The third-order valence-electron chi connectivity index (χ3n) is 4.58. The highest BCUT2D eigenvalue weighted by Crippen LogP contribution is 2.34. The van der Waals surface area contributed by atoms with Crippen LogP contribution in [-0.4, -0.2) is 32.0 Å². The molecule has 7 nitrogen and oxygen atoms in total. The Hall–Kier alpha value is -3.65. The van der Waals surface area contributed by atoms with Crippen LogP contribution in [-0.2, 0) is 0 Å². The lowest BCUT2D eigenvalue weighted by Gasteiger charge is -2.10. The standard InChI is InChI=1S/C21H15N5O2S/c1-11-23-10-16(29-11)20-18(13-5-6-14-12(8-13)4-3-7-22-14)25-19-15(27)9-17(28-2)24-21(19)26-20/h3-10H,1-2H3,(H,24,26,27). The highest BCUT2D eigenvalue weighted by atomic mass is 32.1. The number of nitrogens with one attached hydrogen (secondary N) is 1. The molecule has 1 N–H and O–H groups in total. The number of fused-ring (bicyclic) bond motifs is 2. The average molecular weight is 401 g/mol. The second kappa shape index (κ2) is 6.75. The Morgan fingerprint density at radius 3 is 2.76 bits per heavy atom. The van der Waals surface area contributed by atoms with Crippen LogP contribution < -0.4 is 10.2 Å². The van der Waals surface area contributed by atoms with E-state index in [0.717, 1.165) is 26.4 Å². The molecule has 0 aliphatic rings. The molecule has 29 heavy (non-hydrogen) atoms. The van der Waals surface area contributed by atoms with Gasteiger partial charge in [-0.25, -0.2) is 15.0 Å². The van der Waals surface area contributed by atoms with E-state index in [4.69, 9.17) is 14.7 Å². The number of thiazole rings is 1. The van der Waals surface area contributed by atoms with Crippen LogP contribution in [0.15, 0.2) is 53.6 Å². The van der Waals surface area contributed by atoms with Crippen molar-refractivity contribution in [3.63, 3.8) is 0 Å². The third kappa shape index (κ3) is 3.03. The lowest BCUT2D eigenvalue weighted by Crippen LogP contribution is -2.08. The first-order chi connectivity index (χ1) is 14.1. The van der Waals surface area contributed by atoms with Gasteiger partial charge in [-0.2, -0.15) is 0 Å². The van der Waals surface area contributed by atoms with Crippen LogP contribution in [0.3, 0.4) is 0 Å². The monoisotopic (exact) mass is 401 g/mol. The van der Waals surface area contributed by atoms with Crippen molar-refractivity contribution in [3.8, 4) is 27.7 Å². The van der Waals surface area contributed by atoms with E-state index in [9.17, 15) is 4.79 Å². The molecule has 0 saturated heterocycles. The zero-order chi connectivity index (χ0) is 20.0. The zero-order valence-electron chi connectivity index (χ0n) is 15.6. The van der Waals surface area contributed by atoms with E-state index in [-0.39, 0.29) is 10.9 Å². The molecular weight excluding hydrogens is 386 g/mol. The van der Waals surface area contributed by atoms with Gasteiger partial charge in [-0.3, -0.25) is 9.78 Å².